The largest absolute Gasteiger partial charge is 0.497 e. The summed E-state index contributed by atoms with van der Waals surface area (Å²) in [6.07, 6.45) is 1.96. The minimum Gasteiger partial charge on any atom is -0.497 e. The molecule has 0 saturated carbocycles. The summed E-state index contributed by atoms with van der Waals surface area (Å²) in [4.78, 5) is 15.8. The van der Waals surface area contributed by atoms with Crippen molar-refractivity contribution >= 4 is 23.3 Å². The number of carbonyl (C=O) groups is 1. The van der Waals surface area contributed by atoms with Gasteiger partial charge in [-0.25, -0.2) is 9.78 Å². The highest BCUT2D eigenvalue weighted by atomic mass is 35.5. The molecule has 0 aliphatic heterocycles. The predicted octanol–water partition coefficient (Wildman–Crippen LogP) is 2.47. The van der Waals surface area contributed by atoms with E-state index in [1.807, 2.05) is 24.3 Å². The van der Waals surface area contributed by atoms with Crippen LogP contribution in [0.2, 0.25) is 5.15 Å². The van der Waals surface area contributed by atoms with E-state index in [9.17, 15) is 9.90 Å². The quantitative estimate of drug-likeness (QED) is 0.708. The van der Waals surface area contributed by atoms with E-state index < -0.39 is 12.1 Å². The number of methoxy groups -OCH3 is 1. The van der Waals surface area contributed by atoms with Crippen LogP contribution in [0.5, 0.6) is 5.75 Å². The normalized spacial score (nSPS) is 11.6. The van der Waals surface area contributed by atoms with E-state index in [-0.39, 0.29) is 6.61 Å². The first-order chi connectivity index (χ1) is 11.1. The Morgan fingerprint density at radius 3 is 2.61 bits per heavy atom. The van der Waals surface area contributed by atoms with Gasteiger partial charge in [-0.05, 0) is 36.2 Å². The number of aromatic nitrogens is 1. The van der Waals surface area contributed by atoms with E-state index in [1.165, 1.54) is 6.20 Å². The number of hydrogen-bond acceptors (Lipinski definition) is 4. The lowest BCUT2D eigenvalue weighted by molar-refractivity contribution is 0.224. The average Bonchev–Trinajstić information content (AvgIpc) is 2.57. The highest BCUT2D eigenvalue weighted by Gasteiger charge is 2.12. The third kappa shape index (κ3) is 5.43. The molecule has 0 aliphatic rings. The molecule has 0 saturated heterocycles. The van der Waals surface area contributed by atoms with Crippen LogP contribution in [0.3, 0.4) is 0 Å². The van der Waals surface area contributed by atoms with E-state index in [2.05, 4.69) is 15.6 Å². The summed E-state index contributed by atoms with van der Waals surface area (Å²) in [5, 5.41) is 15.1. The molecular weight excluding hydrogens is 318 g/mol. The number of benzene rings is 1. The lowest BCUT2D eigenvalue weighted by Gasteiger charge is -2.17. The molecule has 1 atom stereocenters. The van der Waals surface area contributed by atoms with Crippen LogP contribution in [-0.2, 0) is 6.42 Å². The van der Waals surface area contributed by atoms with Crippen LogP contribution in [0.4, 0.5) is 10.5 Å². The van der Waals surface area contributed by atoms with Crippen LogP contribution >= 0.6 is 11.6 Å². The minimum atomic E-state index is -0.415. The number of carbonyl (C=O) groups excluding carboxylic acids is 1. The van der Waals surface area contributed by atoms with E-state index in [0.29, 0.717) is 17.3 Å². The highest BCUT2D eigenvalue weighted by molar-refractivity contribution is 6.29. The van der Waals surface area contributed by atoms with Gasteiger partial charge in [0.05, 0.1) is 31.6 Å². The fourth-order valence-electron chi connectivity index (χ4n) is 2.01. The summed E-state index contributed by atoms with van der Waals surface area (Å²) in [5.74, 6) is 0.759. The summed E-state index contributed by atoms with van der Waals surface area (Å²) in [5.41, 5.74) is 1.51. The predicted molar refractivity (Wildman–Crippen MR) is 89.0 cm³/mol. The van der Waals surface area contributed by atoms with Crippen LogP contribution in [0.1, 0.15) is 5.56 Å². The summed E-state index contributed by atoms with van der Waals surface area (Å²) >= 11 is 5.69. The van der Waals surface area contributed by atoms with Crippen molar-refractivity contribution < 1.29 is 14.6 Å². The molecule has 7 heteroatoms. The standard InChI is InChI=1S/C16H18ClN3O3/c1-23-14-5-2-11(3-6-14)8-13(10-21)20-16(22)19-12-4-7-15(17)18-9-12/h2-7,9,13,21H,8,10H2,1H3,(H2,19,20,22). The fraction of sp³-hybridized carbons (Fsp3) is 0.250. The molecular formula is C16H18ClN3O3. The summed E-state index contributed by atoms with van der Waals surface area (Å²) in [6.45, 7) is -0.168. The highest BCUT2D eigenvalue weighted by Crippen LogP contribution is 2.13. The number of ether oxygens (including phenoxy) is 1. The van der Waals surface area contributed by atoms with E-state index in [1.54, 1.807) is 19.2 Å². The first kappa shape index (κ1) is 17.1. The lowest BCUT2D eigenvalue weighted by atomic mass is 10.1. The van der Waals surface area contributed by atoms with Gasteiger partial charge in [-0.2, -0.15) is 0 Å². The lowest BCUT2D eigenvalue weighted by Crippen LogP contribution is -2.41. The number of rotatable bonds is 6. The Morgan fingerprint density at radius 1 is 1.30 bits per heavy atom. The molecule has 1 aromatic carbocycles. The second-order valence-electron chi connectivity index (χ2n) is 4.90. The summed E-state index contributed by atoms with van der Waals surface area (Å²) in [6, 6.07) is 9.87. The van der Waals surface area contributed by atoms with Crippen molar-refractivity contribution in [1.82, 2.24) is 10.3 Å². The zero-order valence-electron chi connectivity index (χ0n) is 12.6. The zero-order chi connectivity index (χ0) is 16.7. The molecule has 0 bridgehead atoms. The molecule has 3 N–H and O–H groups in total. The van der Waals surface area contributed by atoms with Crippen LogP contribution in [0, 0.1) is 0 Å². The van der Waals surface area contributed by atoms with Gasteiger partial charge in [-0.15, -0.1) is 0 Å². The number of hydrogen-bond donors (Lipinski definition) is 3. The molecule has 1 heterocycles. The number of aliphatic hydroxyl groups excluding tert-OH is 1. The minimum absolute atomic E-state index is 0.168. The Labute approximate surface area is 139 Å². The van der Waals surface area contributed by atoms with Crippen molar-refractivity contribution in [2.45, 2.75) is 12.5 Å². The van der Waals surface area contributed by atoms with Crippen LogP contribution in [0.15, 0.2) is 42.6 Å². The topological polar surface area (TPSA) is 83.5 Å². The number of halogens is 1. The van der Waals surface area contributed by atoms with Gasteiger partial charge in [0.2, 0.25) is 0 Å². The number of aliphatic hydroxyl groups is 1. The Bertz CT molecular complexity index is 632. The Kier molecular flexibility index (Phi) is 6.19. The summed E-state index contributed by atoms with van der Waals surface area (Å²) < 4.78 is 5.10. The molecule has 0 radical (unpaired) electrons. The van der Waals surface area contributed by atoms with Gasteiger partial charge in [-0.1, -0.05) is 23.7 Å². The van der Waals surface area contributed by atoms with Gasteiger partial charge in [0.25, 0.3) is 0 Å². The van der Waals surface area contributed by atoms with Crippen LogP contribution < -0.4 is 15.4 Å². The maximum atomic E-state index is 11.9. The number of pyridine rings is 1. The molecule has 6 nitrogen and oxygen atoms in total. The summed E-state index contributed by atoms with van der Waals surface area (Å²) in [7, 11) is 1.60. The molecule has 1 aromatic heterocycles. The Hall–Kier alpha value is -2.31. The van der Waals surface area contributed by atoms with Gasteiger partial charge in [0.1, 0.15) is 10.9 Å². The number of anilines is 1. The van der Waals surface area contributed by atoms with Crippen molar-refractivity contribution in [2.75, 3.05) is 19.0 Å². The van der Waals surface area contributed by atoms with E-state index >= 15 is 0 Å². The van der Waals surface area contributed by atoms with Gasteiger partial charge >= 0.3 is 6.03 Å². The molecule has 122 valence electrons. The third-order valence-corrected chi connectivity index (χ3v) is 3.41. The van der Waals surface area contributed by atoms with Crippen molar-refractivity contribution in [3.05, 3.63) is 53.3 Å². The monoisotopic (exact) mass is 335 g/mol. The third-order valence-electron chi connectivity index (χ3n) is 3.18. The van der Waals surface area contributed by atoms with Gasteiger partial charge in [0.15, 0.2) is 0 Å². The number of amides is 2. The number of urea groups is 1. The molecule has 0 spiro atoms. The van der Waals surface area contributed by atoms with Crippen molar-refractivity contribution in [3.8, 4) is 5.75 Å². The maximum Gasteiger partial charge on any atom is 0.319 e. The number of nitrogens with one attached hydrogen (secondary N) is 2. The SMILES string of the molecule is COc1ccc(CC(CO)NC(=O)Nc2ccc(Cl)nc2)cc1. The Balaban J connectivity index is 1.89. The first-order valence-corrected chi connectivity index (χ1v) is 7.41. The second kappa shape index (κ2) is 8.36. The molecule has 1 unspecified atom stereocenters. The van der Waals surface area contributed by atoms with Crippen molar-refractivity contribution in [3.63, 3.8) is 0 Å². The van der Waals surface area contributed by atoms with Crippen LogP contribution in [0.25, 0.3) is 0 Å². The van der Waals surface area contributed by atoms with E-state index in [4.69, 9.17) is 16.3 Å². The molecule has 2 amide bonds. The van der Waals surface area contributed by atoms with Crippen molar-refractivity contribution in [2.24, 2.45) is 0 Å². The molecule has 23 heavy (non-hydrogen) atoms. The van der Waals surface area contributed by atoms with Crippen molar-refractivity contribution in [1.29, 1.82) is 0 Å². The molecule has 2 rings (SSSR count). The number of nitrogens with zero attached hydrogens (tertiary/aromatic N) is 1. The van der Waals surface area contributed by atoms with Gasteiger partial charge in [-0.3, -0.25) is 0 Å². The zero-order valence-corrected chi connectivity index (χ0v) is 13.4. The Morgan fingerprint density at radius 2 is 2.04 bits per heavy atom. The molecule has 2 aromatic rings. The fourth-order valence-corrected chi connectivity index (χ4v) is 2.12. The van der Waals surface area contributed by atoms with Gasteiger partial charge < -0.3 is 20.5 Å². The van der Waals surface area contributed by atoms with Gasteiger partial charge in [0, 0.05) is 0 Å². The second-order valence-corrected chi connectivity index (χ2v) is 5.29. The molecule has 0 aliphatic carbocycles. The smallest absolute Gasteiger partial charge is 0.319 e. The van der Waals surface area contributed by atoms with E-state index in [0.717, 1.165) is 11.3 Å². The first-order valence-electron chi connectivity index (χ1n) is 7.03. The maximum absolute atomic E-state index is 11.9. The molecule has 0 fully saturated rings. The average molecular weight is 336 g/mol. The van der Waals surface area contributed by atoms with Crippen LogP contribution in [-0.4, -0.2) is 35.9 Å².